The molecule has 1 saturated carbocycles. The molecule has 3 amide bonds. The summed E-state index contributed by atoms with van der Waals surface area (Å²) < 4.78 is 19.5. The zero-order chi connectivity index (χ0) is 29.9. The van der Waals surface area contributed by atoms with Crippen molar-refractivity contribution in [3.05, 3.63) is 53.5 Å². The summed E-state index contributed by atoms with van der Waals surface area (Å²) in [6.07, 6.45) is 5.52. The Balaban J connectivity index is 1.18. The van der Waals surface area contributed by atoms with Crippen LogP contribution in [0, 0.1) is 11.7 Å². The van der Waals surface area contributed by atoms with Crippen LogP contribution in [0.3, 0.4) is 0 Å². The molecule has 6 rings (SSSR count). The molecule has 226 valence electrons. The minimum atomic E-state index is -0.624. The highest BCUT2D eigenvalue weighted by molar-refractivity contribution is 6.00. The van der Waals surface area contributed by atoms with Gasteiger partial charge in [-0.1, -0.05) is 6.07 Å². The number of aromatic nitrogens is 1. The number of alkyl carbamates (subject to hydrolysis) is 1. The minimum Gasteiger partial charge on any atom is -0.444 e. The lowest BCUT2D eigenvalue weighted by atomic mass is 9.84. The van der Waals surface area contributed by atoms with Crippen LogP contribution in [-0.4, -0.2) is 71.2 Å². The number of amides is 3. The Morgan fingerprint density at radius 2 is 1.62 bits per heavy atom. The third kappa shape index (κ3) is 7.76. The van der Waals surface area contributed by atoms with E-state index in [4.69, 9.17) is 4.74 Å². The van der Waals surface area contributed by atoms with Crippen molar-refractivity contribution in [1.29, 1.82) is 0 Å². The van der Waals surface area contributed by atoms with Crippen molar-refractivity contribution in [3.63, 3.8) is 0 Å². The number of carbonyl (C=O) groups excluding carboxylic acids is 3. The highest BCUT2D eigenvalue weighted by Gasteiger charge is 2.35. The van der Waals surface area contributed by atoms with Crippen molar-refractivity contribution in [1.82, 2.24) is 25.8 Å². The molecular weight excluding hydrogens is 539 g/mol. The molecule has 1 atom stereocenters. The highest BCUT2D eigenvalue weighted by Crippen LogP contribution is 2.28. The Labute approximate surface area is 246 Å². The number of benzene rings is 1. The fraction of sp³-hybridized carbons (Fsp3) is 0.548. The Morgan fingerprint density at radius 3 is 2.26 bits per heavy atom. The molecule has 3 saturated heterocycles. The number of ether oxygens (including phenoxy) is 1. The van der Waals surface area contributed by atoms with Crippen LogP contribution in [0.5, 0.6) is 0 Å². The zero-order valence-electron chi connectivity index (χ0n) is 24.5. The maximum absolute atomic E-state index is 14.2. The van der Waals surface area contributed by atoms with Gasteiger partial charge in [0.25, 0.3) is 11.8 Å². The number of hydrogen-bond acceptors (Lipinski definition) is 7. The summed E-state index contributed by atoms with van der Waals surface area (Å²) in [5, 5.41) is 12.2. The van der Waals surface area contributed by atoms with Crippen molar-refractivity contribution in [3.8, 4) is 0 Å². The maximum Gasteiger partial charge on any atom is 0.407 e. The summed E-state index contributed by atoms with van der Waals surface area (Å²) in [6, 6.07) is 8.15. The van der Waals surface area contributed by atoms with Gasteiger partial charge in [-0.05, 0) is 103 Å². The van der Waals surface area contributed by atoms with Crippen LogP contribution in [0.2, 0.25) is 0 Å². The molecule has 1 unspecified atom stereocenters. The Morgan fingerprint density at radius 1 is 0.929 bits per heavy atom. The molecule has 2 aromatic rings. The van der Waals surface area contributed by atoms with Crippen LogP contribution >= 0.6 is 0 Å². The van der Waals surface area contributed by atoms with Crippen LogP contribution in [0.15, 0.2) is 36.5 Å². The number of anilines is 2. The third-order valence-electron chi connectivity index (χ3n) is 8.24. The molecule has 4 aliphatic rings. The van der Waals surface area contributed by atoms with Crippen molar-refractivity contribution < 1.29 is 23.5 Å². The molecule has 4 heterocycles. The lowest BCUT2D eigenvalue weighted by Gasteiger charge is -2.44. The molecule has 1 aromatic heterocycles. The fourth-order valence-corrected chi connectivity index (χ4v) is 6.09. The molecule has 11 heteroatoms. The second-order valence-electron chi connectivity index (χ2n) is 12.6. The first-order valence-corrected chi connectivity index (χ1v) is 14.9. The molecule has 10 nitrogen and oxygen atoms in total. The number of halogens is 1. The maximum atomic E-state index is 14.2. The number of nitrogens with zero attached hydrogens (tertiary/aromatic N) is 2. The minimum absolute atomic E-state index is 0.0312. The van der Waals surface area contributed by atoms with Gasteiger partial charge < -0.3 is 30.9 Å². The van der Waals surface area contributed by atoms with Gasteiger partial charge in [0.05, 0.1) is 11.8 Å². The molecule has 4 fully saturated rings. The van der Waals surface area contributed by atoms with Gasteiger partial charge in [-0.3, -0.25) is 9.59 Å². The van der Waals surface area contributed by atoms with Crippen molar-refractivity contribution in [2.75, 3.05) is 25.0 Å². The average Bonchev–Trinajstić information content (AvgIpc) is 2.95. The van der Waals surface area contributed by atoms with E-state index >= 15 is 0 Å². The molecular formula is C31H41FN6O4. The number of carbonyl (C=O) groups is 3. The molecule has 4 N–H and O–H groups in total. The largest absolute Gasteiger partial charge is 0.444 e. The number of rotatable bonds is 7. The summed E-state index contributed by atoms with van der Waals surface area (Å²) in [4.78, 5) is 44.9. The van der Waals surface area contributed by atoms with Crippen molar-refractivity contribution in [2.45, 2.75) is 83.0 Å². The van der Waals surface area contributed by atoms with Gasteiger partial charge in [-0.15, -0.1) is 0 Å². The van der Waals surface area contributed by atoms with E-state index in [1.165, 1.54) is 0 Å². The Hall–Kier alpha value is -3.73. The van der Waals surface area contributed by atoms with Gasteiger partial charge in [0.2, 0.25) is 0 Å². The topological polar surface area (TPSA) is 125 Å². The normalized spacial score (nSPS) is 25.3. The van der Waals surface area contributed by atoms with Gasteiger partial charge in [-0.2, -0.15) is 0 Å². The van der Waals surface area contributed by atoms with E-state index in [-0.39, 0.29) is 35.4 Å². The first kappa shape index (κ1) is 29.8. The van der Waals surface area contributed by atoms with E-state index in [1.807, 2.05) is 20.8 Å². The third-order valence-corrected chi connectivity index (χ3v) is 8.24. The predicted molar refractivity (Wildman–Crippen MR) is 157 cm³/mol. The van der Waals surface area contributed by atoms with Gasteiger partial charge in [0.15, 0.2) is 0 Å². The summed E-state index contributed by atoms with van der Waals surface area (Å²) in [6.45, 7) is 8.53. The number of hydrogen-bond donors (Lipinski definition) is 4. The van der Waals surface area contributed by atoms with Crippen LogP contribution < -0.4 is 21.3 Å². The molecule has 1 aliphatic carbocycles. The van der Waals surface area contributed by atoms with E-state index in [0.717, 1.165) is 44.7 Å². The van der Waals surface area contributed by atoms with Gasteiger partial charge in [-0.25, -0.2) is 14.2 Å². The first-order valence-electron chi connectivity index (χ1n) is 14.9. The predicted octanol–water partition coefficient (Wildman–Crippen LogP) is 4.35. The van der Waals surface area contributed by atoms with Gasteiger partial charge in [0.1, 0.15) is 17.2 Å². The standard InChI is InChI=1S/C31H41FN6O4/c1-31(2,3)42-30(41)36-23-9-7-22(8-10-23)35-29(40)25-16-21(32)17-33-27(25)34-24-6-4-5-20(15-24)28(39)37-26-18-38-13-11-19(26)12-14-38/h4-6,15-17,19,22-23,26H,7-14,18H2,1-3H3,(H,33,34)(H,35,40)(H,36,41)(H,37,39). The molecule has 2 bridgehead atoms. The Kier molecular flexibility index (Phi) is 8.96. The van der Waals surface area contributed by atoms with Gasteiger partial charge >= 0.3 is 6.09 Å². The molecule has 42 heavy (non-hydrogen) atoms. The van der Waals surface area contributed by atoms with Crippen LogP contribution in [0.1, 0.15) is 80.0 Å². The SMILES string of the molecule is CC(C)(C)OC(=O)NC1CCC(NC(=O)c2cc(F)cnc2Nc2cccc(C(=O)NC3CN4CCC3CC4)c2)CC1. The number of fused-ring (bicyclic) bond motifs is 3. The van der Waals surface area contributed by atoms with Crippen molar-refractivity contribution in [2.24, 2.45) is 5.92 Å². The number of piperidine rings is 3. The number of nitrogens with one attached hydrogen (secondary N) is 4. The summed E-state index contributed by atoms with van der Waals surface area (Å²) in [5.74, 6) is -0.490. The van der Waals surface area contributed by atoms with E-state index in [9.17, 15) is 18.8 Å². The summed E-state index contributed by atoms with van der Waals surface area (Å²) in [5.41, 5.74) is 0.576. The second kappa shape index (κ2) is 12.6. The fourth-order valence-electron chi connectivity index (χ4n) is 6.09. The van der Waals surface area contributed by atoms with E-state index < -0.39 is 23.4 Å². The lowest BCUT2D eigenvalue weighted by Crippen LogP contribution is -2.57. The number of pyridine rings is 1. The van der Waals surface area contributed by atoms with Gasteiger partial charge in [0, 0.05) is 35.9 Å². The molecule has 0 spiro atoms. The monoisotopic (exact) mass is 580 g/mol. The smallest absolute Gasteiger partial charge is 0.407 e. The molecule has 1 aromatic carbocycles. The van der Waals surface area contributed by atoms with E-state index in [0.29, 0.717) is 42.9 Å². The average molecular weight is 581 g/mol. The summed E-state index contributed by atoms with van der Waals surface area (Å²) in [7, 11) is 0. The van der Waals surface area contributed by atoms with Crippen LogP contribution in [0.4, 0.5) is 20.7 Å². The zero-order valence-corrected chi connectivity index (χ0v) is 24.5. The second-order valence-corrected chi connectivity index (χ2v) is 12.6. The quantitative estimate of drug-likeness (QED) is 0.384. The molecule has 0 radical (unpaired) electrons. The van der Waals surface area contributed by atoms with Crippen LogP contribution in [-0.2, 0) is 4.74 Å². The van der Waals surface area contributed by atoms with E-state index in [1.54, 1.807) is 24.3 Å². The first-order chi connectivity index (χ1) is 20.0. The van der Waals surface area contributed by atoms with Crippen LogP contribution in [0.25, 0.3) is 0 Å². The van der Waals surface area contributed by atoms with E-state index in [2.05, 4.69) is 31.2 Å². The van der Waals surface area contributed by atoms with Crippen molar-refractivity contribution >= 4 is 29.4 Å². The molecule has 3 aliphatic heterocycles. The summed E-state index contributed by atoms with van der Waals surface area (Å²) >= 11 is 0. The lowest BCUT2D eigenvalue weighted by molar-refractivity contribution is 0.0487. The highest BCUT2D eigenvalue weighted by atomic mass is 19.1. The Bertz CT molecular complexity index is 1300.